The molecule has 0 atom stereocenters. The van der Waals surface area contributed by atoms with Crippen LogP contribution in [0.4, 0.5) is 5.69 Å². The molecule has 2 N–H and O–H groups in total. The summed E-state index contributed by atoms with van der Waals surface area (Å²) in [6, 6.07) is 13.6. The number of fused-ring (bicyclic) bond motifs is 1. The highest BCUT2D eigenvalue weighted by Crippen LogP contribution is 2.30. The van der Waals surface area contributed by atoms with Crippen molar-refractivity contribution in [2.24, 2.45) is 5.41 Å². The van der Waals surface area contributed by atoms with E-state index in [0.29, 0.717) is 0 Å². The van der Waals surface area contributed by atoms with E-state index in [0.717, 1.165) is 16.5 Å². The molecule has 3 rings (SSSR count). The Labute approximate surface area is 111 Å². The van der Waals surface area contributed by atoms with Gasteiger partial charge in [0.05, 0.1) is 19.8 Å². The molecule has 1 saturated heterocycles. The highest BCUT2D eigenvalue weighted by molar-refractivity contribution is 6.04. The Kier molecular flexibility index (Phi) is 2.97. The molecular formula is C15H15NO3. The van der Waals surface area contributed by atoms with Crippen LogP contribution in [0, 0.1) is 5.41 Å². The van der Waals surface area contributed by atoms with Crippen LogP contribution in [0.15, 0.2) is 42.5 Å². The summed E-state index contributed by atoms with van der Waals surface area (Å²) in [7, 11) is 0. The maximum Gasteiger partial charge on any atom is 0.237 e. The van der Waals surface area contributed by atoms with Crippen molar-refractivity contribution in [3.8, 4) is 0 Å². The maximum absolute atomic E-state index is 12.2. The van der Waals surface area contributed by atoms with Crippen molar-refractivity contribution in [3.05, 3.63) is 42.5 Å². The molecule has 0 aliphatic carbocycles. The van der Waals surface area contributed by atoms with Crippen LogP contribution in [-0.2, 0) is 9.53 Å². The van der Waals surface area contributed by atoms with Gasteiger partial charge in [-0.1, -0.05) is 36.4 Å². The van der Waals surface area contributed by atoms with Gasteiger partial charge in [0.2, 0.25) is 5.91 Å². The fourth-order valence-corrected chi connectivity index (χ4v) is 2.23. The molecule has 0 radical (unpaired) electrons. The Morgan fingerprint density at radius 1 is 1.21 bits per heavy atom. The molecule has 19 heavy (non-hydrogen) atoms. The minimum Gasteiger partial charge on any atom is -0.395 e. The molecule has 4 heteroatoms. The fraction of sp³-hybridized carbons (Fsp3) is 0.267. The van der Waals surface area contributed by atoms with E-state index in [1.54, 1.807) is 0 Å². The minimum absolute atomic E-state index is 0.183. The number of rotatable bonds is 3. The van der Waals surface area contributed by atoms with Crippen molar-refractivity contribution in [1.29, 1.82) is 0 Å². The summed E-state index contributed by atoms with van der Waals surface area (Å²) in [5.41, 5.74) is -0.0143. The van der Waals surface area contributed by atoms with Gasteiger partial charge in [-0.05, 0) is 11.5 Å². The lowest BCUT2D eigenvalue weighted by Gasteiger charge is -2.38. The Morgan fingerprint density at radius 3 is 2.63 bits per heavy atom. The van der Waals surface area contributed by atoms with Crippen molar-refractivity contribution in [2.45, 2.75) is 0 Å². The third kappa shape index (κ3) is 1.99. The molecule has 0 aromatic heterocycles. The first kappa shape index (κ1) is 12.1. The Bertz CT molecular complexity index is 609. The lowest BCUT2D eigenvalue weighted by molar-refractivity contribution is -0.164. The number of aliphatic hydroxyl groups excluding tert-OH is 1. The predicted molar refractivity (Wildman–Crippen MR) is 72.9 cm³/mol. The number of anilines is 1. The van der Waals surface area contributed by atoms with Crippen LogP contribution < -0.4 is 5.32 Å². The van der Waals surface area contributed by atoms with E-state index in [1.807, 2.05) is 42.5 Å². The largest absolute Gasteiger partial charge is 0.395 e. The third-order valence-electron chi connectivity index (χ3n) is 3.58. The average molecular weight is 257 g/mol. The second-order valence-corrected chi connectivity index (χ2v) is 4.91. The molecule has 0 spiro atoms. The fourth-order valence-electron chi connectivity index (χ4n) is 2.23. The Morgan fingerprint density at radius 2 is 1.95 bits per heavy atom. The second kappa shape index (κ2) is 4.64. The van der Waals surface area contributed by atoms with Gasteiger partial charge < -0.3 is 15.2 Å². The van der Waals surface area contributed by atoms with Gasteiger partial charge in [0.1, 0.15) is 5.41 Å². The first-order chi connectivity index (χ1) is 9.25. The number of hydrogen-bond donors (Lipinski definition) is 2. The first-order valence-corrected chi connectivity index (χ1v) is 6.23. The van der Waals surface area contributed by atoms with Gasteiger partial charge in [0.25, 0.3) is 0 Å². The smallest absolute Gasteiger partial charge is 0.237 e. The van der Waals surface area contributed by atoms with Crippen molar-refractivity contribution in [2.75, 3.05) is 25.1 Å². The number of hydrogen-bond acceptors (Lipinski definition) is 3. The highest BCUT2D eigenvalue weighted by atomic mass is 16.5. The summed E-state index contributed by atoms with van der Waals surface area (Å²) in [6.07, 6.45) is 0. The lowest BCUT2D eigenvalue weighted by atomic mass is 9.86. The molecule has 98 valence electrons. The highest BCUT2D eigenvalue weighted by Gasteiger charge is 2.45. The van der Waals surface area contributed by atoms with E-state index in [2.05, 4.69) is 5.32 Å². The molecule has 1 fully saturated rings. The van der Waals surface area contributed by atoms with Crippen molar-refractivity contribution in [1.82, 2.24) is 0 Å². The van der Waals surface area contributed by atoms with Gasteiger partial charge in [0, 0.05) is 11.1 Å². The Hall–Kier alpha value is -1.91. The van der Waals surface area contributed by atoms with Crippen molar-refractivity contribution in [3.63, 3.8) is 0 Å². The summed E-state index contributed by atoms with van der Waals surface area (Å²) in [6.45, 7) is 0.365. The summed E-state index contributed by atoms with van der Waals surface area (Å²) < 4.78 is 5.05. The van der Waals surface area contributed by atoms with Crippen molar-refractivity contribution >= 4 is 22.4 Å². The molecule has 0 saturated carbocycles. The minimum atomic E-state index is -0.781. The molecule has 2 aromatic rings. The topological polar surface area (TPSA) is 58.6 Å². The molecule has 1 amide bonds. The zero-order chi connectivity index (χ0) is 13.3. The first-order valence-electron chi connectivity index (χ1n) is 6.23. The molecule has 1 heterocycles. The molecule has 0 unspecified atom stereocenters. The van der Waals surface area contributed by atoms with E-state index >= 15 is 0 Å². The predicted octanol–water partition coefficient (Wildman–Crippen LogP) is 1.79. The molecule has 0 bridgehead atoms. The van der Waals surface area contributed by atoms with Crippen LogP contribution >= 0.6 is 0 Å². The van der Waals surface area contributed by atoms with E-state index in [9.17, 15) is 9.90 Å². The normalized spacial score (nSPS) is 16.9. The van der Waals surface area contributed by atoms with E-state index in [1.165, 1.54) is 0 Å². The summed E-state index contributed by atoms with van der Waals surface area (Å²) >= 11 is 0. The van der Waals surface area contributed by atoms with E-state index in [4.69, 9.17) is 4.74 Å². The van der Waals surface area contributed by atoms with Crippen LogP contribution in [0.2, 0.25) is 0 Å². The van der Waals surface area contributed by atoms with E-state index < -0.39 is 5.41 Å². The van der Waals surface area contributed by atoms with Gasteiger partial charge in [-0.3, -0.25) is 4.79 Å². The molecule has 2 aromatic carbocycles. The Balaban J connectivity index is 1.91. The summed E-state index contributed by atoms with van der Waals surface area (Å²) in [5, 5.41) is 14.3. The van der Waals surface area contributed by atoms with Crippen molar-refractivity contribution < 1.29 is 14.6 Å². The zero-order valence-corrected chi connectivity index (χ0v) is 10.4. The third-order valence-corrected chi connectivity index (χ3v) is 3.58. The standard InChI is InChI=1S/C15H15NO3/c17-8-15(9-19-10-15)14(18)16-13-7-3-5-11-4-1-2-6-12(11)13/h1-7,17H,8-10H2,(H,16,18). The number of ether oxygens (including phenoxy) is 1. The molecule has 4 nitrogen and oxygen atoms in total. The van der Waals surface area contributed by atoms with E-state index in [-0.39, 0.29) is 25.7 Å². The number of nitrogens with one attached hydrogen (secondary N) is 1. The van der Waals surface area contributed by atoms with Gasteiger partial charge >= 0.3 is 0 Å². The second-order valence-electron chi connectivity index (χ2n) is 4.91. The molecule has 1 aliphatic rings. The number of carbonyl (C=O) groups is 1. The summed E-state index contributed by atoms with van der Waals surface area (Å²) in [5.74, 6) is -0.183. The number of aliphatic hydroxyl groups is 1. The van der Waals surface area contributed by atoms with Gasteiger partial charge in [-0.2, -0.15) is 0 Å². The lowest BCUT2D eigenvalue weighted by Crippen LogP contribution is -2.54. The number of amides is 1. The average Bonchev–Trinajstić information content (AvgIpc) is 2.38. The monoisotopic (exact) mass is 257 g/mol. The maximum atomic E-state index is 12.2. The van der Waals surface area contributed by atoms with Gasteiger partial charge in [0.15, 0.2) is 0 Å². The van der Waals surface area contributed by atoms with Crippen LogP contribution in [0.5, 0.6) is 0 Å². The SMILES string of the molecule is O=C(Nc1cccc2ccccc12)C1(CO)COC1. The number of benzene rings is 2. The van der Waals surface area contributed by atoms with Crippen LogP contribution in [0.3, 0.4) is 0 Å². The quantitative estimate of drug-likeness (QED) is 0.881. The number of carbonyl (C=O) groups excluding carboxylic acids is 1. The zero-order valence-electron chi connectivity index (χ0n) is 10.4. The van der Waals surface area contributed by atoms with Crippen LogP contribution in [-0.4, -0.2) is 30.8 Å². The summed E-state index contributed by atoms with van der Waals surface area (Å²) in [4.78, 5) is 12.2. The van der Waals surface area contributed by atoms with Crippen LogP contribution in [0.1, 0.15) is 0 Å². The van der Waals surface area contributed by atoms with Crippen LogP contribution in [0.25, 0.3) is 10.8 Å². The molecular weight excluding hydrogens is 242 g/mol. The van der Waals surface area contributed by atoms with Gasteiger partial charge in [-0.25, -0.2) is 0 Å². The molecule has 1 aliphatic heterocycles. The van der Waals surface area contributed by atoms with Gasteiger partial charge in [-0.15, -0.1) is 0 Å².